The van der Waals surface area contributed by atoms with E-state index >= 15 is 0 Å². The Balaban J connectivity index is 1.30. The van der Waals surface area contributed by atoms with Gasteiger partial charge in [-0.3, -0.25) is 4.79 Å². The number of piperidine rings is 1. The zero-order valence-electron chi connectivity index (χ0n) is 15.8. The van der Waals surface area contributed by atoms with Crippen LogP contribution in [0.1, 0.15) is 44.4 Å². The van der Waals surface area contributed by atoms with E-state index in [1.165, 1.54) is 0 Å². The summed E-state index contributed by atoms with van der Waals surface area (Å²) >= 11 is 0. The molecule has 2 aliphatic heterocycles. The van der Waals surface area contributed by atoms with E-state index in [2.05, 4.69) is 5.32 Å². The summed E-state index contributed by atoms with van der Waals surface area (Å²) in [4.78, 5) is 28.9. The molecule has 0 aliphatic carbocycles. The summed E-state index contributed by atoms with van der Waals surface area (Å²) in [5.74, 6) is 1.10. The van der Waals surface area contributed by atoms with Crippen LogP contribution in [0.5, 0.6) is 0 Å². The number of carbonyl (C=O) groups is 2. The largest absolute Gasteiger partial charge is 0.459 e. The molecule has 0 bridgehead atoms. The van der Waals surface area contributed by atoms with Crippen molar-refractivity contribution in [3.63, 3.8) is 0 Å². The second-order valence-electron chi connectivity index (χ2n) is 7.65. The maximum absolute atomic E-state index is 12.6. The van der Waals surface area contributed by atoms with E-state index in [1.54, 1.807) is 0 Å². The van der Waals surface area contributed by atoms with Gasteiger partial charge in [0, 0.05) is 37.5 Å². The summed E-state index contributed by atoms with van der Waals surface area (Å²) in [6.07, 6.45) is 3.74. The molecule has 3 heterocycles. The third kappa shape index (κ3) is 3.80. The van der Waals surface area contributed by atoms with E-state index in [0.29, 0.717) is 13.1 Å². The Kier molecular flexibility index (Phi) is 5.05. The van der Waals surface area contributed by atoms with E-state index in [9.17, 15) is 9.59 Å². The van der Waals surface area contributed by atoms with Crippen LogP contribution in [-0.4, -0.2) is 47.9 Å². The van der Waals surface area contributed by atoms with Crippen molar-refractivity contribution in [2.45, 2.75) is 38.6 Å². The van der Waals surface area contributed by atoms with Crippen LogP contribution in [0.2, 0.25) is 0 Å². The van der Waals surface area contributed by atoms with Gasteiger partial charge in [0.15, 0.2) is 0 Å². The first-order valence-corrected chi connectivity index (χ1v) is 9.94. The van der Waals surface area contributed by atoms with Crippen molar-refractivity contribution in [2.75, 3.05) is 26.2 Å². The van der Waals surface area contributed by atoms with Crippen LogP contribution in [-0.2, 0) is 4.79 Å². The zero-order valence-corrected chi connectivity index (χ0v) is 15.8. The highest BCUT2D eigenvalue weighted by atomic mass is 16.3. The Morgan fingerprint density at radius 2 is 1.78 bits per heavy atom. The molecule has 0 radical (unpaired) electrons. The average Bonchev–Trinajstić information content (AvgIpc) is 3.37. The summed E-state index contributed by atoms with van der Waals surface area (Å²) in [7, 11) is 0. The van der Waals surface area contributed by atoms with Gasteiger partial charge in [-0.2, -0.15) is 0 Å². The van der Waals surface area contributed by atoms with Crippen molar-refractivity contribution in [1.82, 2.24) is 15.1 Å². The molecular formula is C21H27N3O3. The summed E-state index contributed by atoms with van der Waals surface area (Å²) in [6, 6.07) is 9.52. The van der Waals surface area contributed by atoms with Crippen LogP contribution in [0, 0.1) is 5.92 Å². The Labute approximate surface area is 159 Å². The van der Waals surface area contributed by atoms with Crippen molar-refractivity contribution in [2.24, 2.45) is 5.92 Å². The third-order valence-corrected chi connectivity index (χ3v) is 5.76. The van der Waals surface area contributed by atoms with Gasteiger partial charge >= 0.3 is 6.03 Å². The van der Waals surface area contributed by atoms with Gasteiger partial charge in [0.25, 0.3) is 0 Å². The summed E-state index contributed by atoms with van der Waals surface area (Å²) in [6.45, 7) is 4.98. The lowest BCUT2D eigenvalue weighted by molar-refractivity contribution is -0.135. The third-order valence-electron chi connectivity index (χ3n) is 5.76. The molecule has 0 spiro atoms. The van der Waals surface area contributed by atoms with Crippen LogP contribution < -0.4 is 5.32 Å². The lowest BCUT2D eigenvalue weighted by atomic mass is 9.95. The molecule has 0 saturated carbocycles. The van der Waals surface area contributed by atoms with Crippen molar-refractivity contribution in [3.05, 3.63) is 36.1 Å². The molecule has 3 amide bonds. The maximum Gasteiger partial charge on any atom is 0.317 e. The first kappa shape index (κ1) is 17.9. The maximum atomic E-state index is 12.6. The number of rotatable bonds is 3. The fourth-order valence-corrected chi connectivity index (χ4v) is 4.09. The first-order valence-electron chi connectivity index (χ1n) is 9.94. The SMILES string of the molecule is CC(NC(=O)N1CCC(C(=O)N2CCCC2)CC1)c1cc2ccccc2o1. The summed E-state index contributed by atoms with van der Waals surface area (Å²) in [5.41, 5.74) is 0.829. The Morgan fingerprint density at radius 3 is 2.48 bits per heavy atom. The average molecular weight is 369 g/mol. The Bertz CT molecular complexity index is 784. The zero-order chi connectivity index (χ0) is 18.8. The van der Waals surface area contributed by atoms with Crippen LogP contribution in [0.15, 0.2) is 34.7 Å². The number of hydrogen-bond acceptors (Lipinski definition) is 3. The Hall–Kier alpha value is -2.50. The van der Waals surface area contributed by atoms with Crippen LogP contribution in [0.4, 0.5) is 4.79 Å². The van der Waals surface area contributed by atoms with Crippen molar-refractivity contribution in [1.29, 1.82) is 0 Å². The van der Waals surface area contributed by atoms with Crippen molar-refractivity contribution in [3.8, 4) is 0 Å². The van der Waals surface area contributed by atoms with E-state index in [1.807, 2.05) is 47.1 Å². The topological polar surface area (TPSA) is 65.8 Å². The molecule has 1 atom stereocenters. The standard InChI is InChI=1S/C21H27N3O3/c1-15(19-14-17-6-2-3-7-18(17)27-19)22-21(26)24-12-8-16(9-13-24)20(25)23-10-4-5-11-23/h2-3,6-7,14-16H,4-5,8-13H2,1H3,(H,22,26). The van der Waals surface area contributed by atoms with Crippen molar-refractivity contribution >= 4 is 22.9 Å². The van der Waals surface area contributed by atoms with E-state index < -0.39 is 0 Å². The molecule has 2 aromatic rings. The van der Waals surface area contributed by atoms with Gasteiger partial charge in [0.05, 0.1) is 6.04 Å². The number of urea groups is 1. The number of likely N-dealkylation sites (tertiary alicyclic amines) is 2. The minimum atomic E-state index is -0.200. The number of amides is 3. The van der Waals surface area contributed by atoms with Crippen LogP contribution in [0.25, 0.3) is 11.0 Å². The molecular weight excluding hydrogens is 342 g/mol. The number of benzene rings is 1. The summed E-state index contributed by atoms with van der Waals surface area (Å²) < 4.78 is 5.84. The fraction of sp³-hybridized carbons (Fsp3) is 0.524. The van der Waals surface area contributed by atoms with Gasteiger partial charge in [0.1, 0.15) is 11.3 Å². The van der Waals surface area contributed by atoms with Crippen LogP contribution in [0.3, 0.4) is 0 Å². The number of hydrogen-bond donors (Lipinski definition) is 1. The molecule has 1 aromatic heterocycles. The Morgan fingerprint density at radius 1 is 1.07 bits per heavy atom. The van der Waals surface area contributed by atoms with Gasteiger partial charge in [-0.05, 0) is 44.7 Å². The number of carbonyl (C=O) groups excluding carboxylic acids is 2. The highest BCUT2D eigenvalue weighted by molar-refractivity contribution is 5.80. The number of para-hydroxylation sites is 1. The van der Waals surface area contributed by atoms with Gasteiger partial charge in [-0.25, -0.2) is 4.79 Å². The minimum Gasteiger partial charge on any atom is -0.459 e. The molecule has 1 N–H and O–H groups in total. The molecule has 2 aliphatic rings. The number of nitrogens with zero attached hydrogens (tertiary/aromatic N) is 2. The molecule has 4 rings (SSSR count). The molecule has 2 fully saturated rings. The quantitative estimate of drug-likeness (QED) is 0.900. The van der Waals surface area contributed by atoms with E-state index in [4.69, 9.17) is 4.42 Å². The number of furan rings is 1. The molecule has 2 saturated heterocycles. The van der Waals surface area contributed by atoms with Gasteiger partial charge < -0.3 is 19.5 Å². The molecule has 1 aromatic carbocycles. The molecule has 27 heavy (non-hydrogen) atoms. The number of nitrogens with one attached hydrogen (secondary N) is 1. The van der Waals surface area contributed by atoms with Gasteiger partial charge in [0.2, 0.25) is 5.91 Å². The van der Waals surface area contributed by atoms with Gasteiger partial charge in [-0.15, -0.1) is 0 Å². The highest BCUT2D eigenvalue weighted by Crippen LogP contribution is 2.25. The van der Waals surface area contributed by atoms with Crippen LogP contribution >= 0.6 is 0 Å². The number of fused-ring (bicyclic) bond motifs is 1. The predicted molar refractivity (Wildman–Crippen MR) is 103 cm³/mol. The highest BCUT2D eigenvalue weighted by Gasteiger charge is 2.31. The predicted octanol–water partition coefficient (Wildman–Crippen LogP) is 3.54. The monoisotopic (exact) mass is 369 g/mol. The molecule has 1 unspecified atom stereocenters. The van der Waals surface area contributed by atoms with E-state index in [0.717, 1.165) is 55.5 Å². The molecule has 144 valence electrons. The lowest BCUT2D eigenvalue weighted by Gasteiger charge is -2.33. The molecule has 6 nitrogen and oxygen atoms in total. The summed E-state index contributed by atoms with van der Waals surface area (Å²) in [5, 5.41) is 4.06. The minimum absolute atomic E-state index is 0.0694. The smallest absolute Gasteiger partial charge is 0.317 e. The molecule has 6 heteroatoms. The van der Waals surface area contributed by atoms with Crippen molar-refractivity contribution < 1.29 is 14.0 Å². The van der Waals surface area contributed by atoms with E-state index in [-0.39, 0.29) is 23.9 Å². The lowest BCUT2D eigenvalue weighted by Crippen LogP contribution is -2.47. The van der Waals surface area contributed by atoms with Gasteiger partial charge in [-0.1, -0.05) is 18.2 Å². The second kappa shape index (κ2) is 7.62. The first-order chi connectivity index (χ1) is 13.1. The normalized spacial score (nSPS) is 19.4. The second-order valence-corrected chi connectivity index (χ2v) is 7.65. The fourth-order valence-electron chi connectivity index (χ4n) is 4.09.